The summed E-state index contributed by atoms with van der Waals surface area (Å²) in [6.07, 6.45) is 1.32. The molecule has 0 aliphatic rings. The van der Waals surface area contributed by atoms with Crippen molar-refractivity contribution >= 4 is 41.0 Å². The van der Waals surface area contributed by atoms with Crippen molar-refractivity contribution in [2.24, 2.45) is 0 Å². The van der Waals surface area contributed by atoms with Gasteiger partial charge in [0.25, 0.3) is 11.7 Å². The van der Waals surface area contributed by atoms with Gasteiger partial charge in [-0.25, -0.2) is 0 Å². The van der Waals surface area contributed by atoms with Gasteiger partial charge in [-0.2, -0.15) is 14.0 Å². The first kappa shape index (κ1) is 18.8. The molecule has 0 saturated heterocycles. The predicted molar refractivity (Wildman–Crippen MR) is 93.6 cm³/mol. The smallest absolute Gasteiger partial charge is 0.288 e. The standard InChI is InChI=1S/C17H11ClF2N2O2S/c18-14-8-10(1-6-15(14)23)7-11(9-21)16(24)22-12-2-4-13(5-3-12)25-17(19)20/h1-8,17,23H,(H,22,24)/b11-7-. The van der Waals surface area contributed by atoms with Crippen LogP contribution in [0.5, 0.6) is 5.75 Å². The fraction of sp³-hybridized carbons (Fsp3) is 0.0588. The maximum atomic E-state index is 12.3. The molecule has 1 amide bonds. The molecule has 0 saturated carbocycles. The van der Waals surface area contributed by atoms with E-state index in [0.717, 1.165) is 0 Å². The molecule has 0 aliphatic carbocycles. The Morgan fingerprint density at radius 3 is 2.52 bits per heavy atom. The number of carbonyl (C=O) groups is 1. The van der Waals surface area contributed by atoms with Gasteiger partial charge in [0.1, 0.15) is 17.4 Å². The number of anilines is 1. The lowest BCUT2D eigenvalue weighted by molar-refractivity contribution is -0.112. The summed E-state index contributed by atoms with van der Waals surface area (Å²) < 4.78 is 24.5. The summed E-state index contributed by atoms with van der Waals surface area (Å²) in [6.45, 7) is 0. The van der Waals surface area contributed by atoms with Gasteiger partial charge in [-0.1, -0.05) is 29.4 Å². The van der Waals surface area contributed by atoms with Crippen molar-refractivity contribution in [1.29, 1.82) is 5.26 Å². The Bertz CT molecular complexity index is 849. The Balaban J connectivity index is 2.13. The van der Waals surface area contributed by atoms with Crippen LogP contribution in [0.15, 0.2) is 52.9 Å². The zero-order valence-electron chi connectivity index (χ0n) is 12.5. The summed E-state index contributed by atoms with van der Waals surface area (Å²) >= 11 is 6.18. The summed E-state index contributed by atoms with van der Waals surface area (Å²) in [5, 5.41) is 21.1. The first-order chi connectivity index (χ1) is 11.9. The quantitative estimate of drug-likeness (QED) is 0.439. The van der Waals surface area contributed by atoms with Gasteiger partial charge in [0.15, 0.2) is 0 Å². The number of hydrogen-bond donors (Lipinski definition) is 2. The third-order valence-corrected chi connectivity index (χ3v) is 4.01. The zero-order chi connectivity index (χ0) is 18.4. The van der Waals surface area contributed by atoms with E-state index in [9.17, 15) is 18.7 Å². The lowest BCUT2D eigenvalue weighted by Gasteiger charge is -2.06. The van der Waals surface area contributed by atoms with Gasteiger partial charge in [0, 0.05) is 10.6 Å². The zero-order valence-corrected chi connectivity index (χ0v) is 14.1. The SMILES string of the molecule is N#C/C(=C/c1ccc(O)c(Cl)c1)C(=O)Nc1ccc(SC(F)F)cc1. The van der Waals surface area contributed by atoms with Crippen LogP contribution in [-0.4, -0.2) is 16.8 Å². The van der Waals surface area contributed by atoms with Gasteiger partial charge < -0.3 is 10.4 Å². The molecule has 0 fully saturated rings. The van der Waals surface area contributed by atoms with E-state index in [1.54, 1.807) is 6.07 Å². The number of phenolic OH excluding ortho intramolecular Hbond substituents is 1. The summed E-state index contributed by atoms with van der Waals surface area (Å²) in [5.41, 5.74) is 0.666. The average Bonchev–Trinajstić information content (AvgIpc) is 2.57. The predicted octanol–water partition coefficient (Wildman–Crippen LogP) is 4.91. The number of phenols is 1. The molecular weight excluding hydrogens is 370 g/mol. The summed E-state index contributed by atoms with van der Waals surface area (Å²) in [5.74, 6) is -3.28. The number of amides is 1. The summed E-state index contributed by atoms with van der Waals surface area (Å²) in [6, 6.07) is 11.9. The lowest BCUT2D eigenvalue weighted by atomic mass is 10.1. The van der Waals surface area contributed by atoms with Crippen molar-refractivity contribution in [3.8, 4) is 11.8 Å². The van der Waals surface area contributed by atoms with Crippen LogP contribution in [-0.2, 0) is 4.79 Å². The van der Waals surface area contributed by atoms with Gasteiger partial charge in [0.05, 0.1) is 5.02 Å². The van der Waals surface area contributed by atoms with Crippen molar-refractivity contribution in [1.82, 2.24) is 0 Å². The molecule has 0 aromatic heterocycles. The van der Waals surface area contributed by atoms with Crippen molar-refractivity contribution < 1.29 is 18.7 Å². The topological polar surface area (TPSA) is 73.1 Å². The van der Waals surface area contributed by atoms with E-state index in [2.05, 4.69) is 5.32 Å². The van der Waals surface area contributed by atoms with Crippen molar-refractivity contribution in [2.45, 2.75) is 10.7 Å². The van der Waals surface area contributed by atoms with E-state index >= 15 is 0 Å². The fourth-order valence-electron chi connectivity index (χ4n) is 1.85. The minimum atomic E-state index is -2.52. The normalized spacial score (nSPS) is 11.2. The number of hydrogen-bond acceptors (Lipinski definition) is 4. The third-order valence-electron chi connectivity index (χ3n) is 2.99. The maximum absolute atomic E-state index is 12.3. The highest BCUT2D eigenvalue weighted by molar-refractivity contribution is 7.99. The highest BCUT2D eigenvalue weighted by atomic mass is 35.5. The second kappa shape index (κ2) is 8.51. The number of benzene rings is 2. The average molecular weight is 381 g/mol. The first-order valence-corrected chi connectivity index (χ1v) is 8.11. The number of thioether (sulfide) groups is 1. The van der Waals surface area contributed by atoms with Gasteiger partial charge in [-0.05, 0) is 48.0 Å². The number of nitrogens with one attached hydrogen (secondary N) is 1. The van der Waals surface area contributed by atoms with Crippen LogP contribution in [0.2, 0.25) is 5.02 Å². The summed E-state index contributed by atoms with van der Waals surface area (Å²) in [4.78, 5) is 12.5. The molecule has 2 aromatic carbocycles. The van der Waals surface area contributed by atoms with Gasteiger partial charge in [0.2, 0.25) is 0 Å². The van der Waals surface area contributed by atoms with Crippen LogP contribution in [0.4, 0.5) is 14.5 Å². The number of carbonyl (C=O) groups excluding carboxylic acids is 1. The van der Waals surface area contributed by atoms with Crippen LogP contribution in [0, 0.1) is 11.3 Å². The monoisotopic (exact) mass is 380 g/mol. The molecule has 0 unspecified atom stereocenters. The van der Waals surface area contributed by atoms with E-state index in [1.165, 1.54) is 48.5 Å². The molecule has 2 N–H and O–H groups in total. The molecule has 8 heteroatoms. The Labute approximate surface area is 151 Å². The van der Waals surface area contributed by atoms with E-state index in [4.69, 9.17) is 16.9 Å². The van der Waals surface area contributed by atoms with E-state index in [0.29, 0.717) is 27.9 Å². The highest BCUT2D eigenvalue weighted by Crippen LogP contribution is 2.27. The molecule has 0 spiro atoms. The van der Waals surface area contributed by atoms with Gasteiger partial charge in [-0.15, -0.1) is 0 Å². The van der Waals surface area contributed by atoms with Crippen LogP contribution < -0.4 is 5.32 Å². The largest absolute Gasteiger partial charge is 0.506 e. The van der Waals surface area contributed by atoms with Gasteiger partial charge in [-0.3, -0.25) is 4.79 Å². The number of alkyl halides is 2. The molecule has 0 atom stereocenters. The lowest BCUT2D eigenvalue weighted by Crippen LogP contribution is -2.13. The molecule has 0 heterocycles. The number of nitriles is 1. The highest BCUT2D eigenvalue weighted by Gasteiger charge is 2.11. The maximum Gasteiger partial charge on any atom is 0.288 e. The molecular formula is C17H11ClF2N2O2S. The Morgan fingerprint density at radius 2 is 1.96 bits per heavy atom. The minimum Gasteiger partial charge on any atom is -0.506 e. The fourth-order valence-corrected chi connectivity index (χ4v) is 2.53. The Morgan fingerprint density at radius 1 is 1.28 bits per heavy atom. The summed E-state index contributed by atoms with van der Waals surface area (Å²) in [7, 11) is 0. The second-order valence-corrected chi connectivity index (χ2v) is 6.21. The molecule has 0 radical (unpaired) electrons. The van der Waals surface area contributed by atoms with Crippen LogP contribution in [0.3, 0.4) is 0 Å². The molecule has 2 aromatic rings. The molecule has 2 rings (SSSR count). The number of nitrogens with zero attached hydrogens (tertiary/aromatic N) is 1. The van der Waals surface area contributed by atoms with E-state index < -0.39 is 11.7 Å². The second-order valence-electron chi connectivity index (χ2n) is 4.74. The Kier molecular flexibility index (Phi) is 6.39. The van der Waals surface area contributed by atoms with Crippen molar-refractivity contribution in [3.05, 3.63) is 58.6 Å². The molecule has 0 aliphatic heterocycles. The molecule has 4 nitrogen and oxygen atoms in total. The molecule has 128 valence electrons. The van der Waals surface area contributed by atoms with Crippen LogP contribution >= 0.6 is 23.4 Å². The Hall–Kier alpha value is -2.56. The van der Waals surface area contributed by atoms with E-state index in [1.807, 2.05) is 0 Å². The minimum absolute atomic E-state index is 0.0959. The molecule has 25 heavy (non-hydrogen) atoms. The number of rotatable bonds is 5. The van der Waals surface area contributed by atoms with Gasteiger partial charge >= 0.3 is 0 Å². The van der Waals surface area contributed by atoms with E-state index in [-0.39, 0.29) is 16.3 Å². The first-order valence-electron chi connectivity index (χ1n) is 6.85. The third kappa shape index (κ3) is 5.48. The van der Waals surface area contributed by atoms with Crippen molar-refractivity contribution in [2.75, 3.05) is 5.32 Å². The van der Waals surface area contributed by atoms with Crippen LogP contribution in [0.25, 0.3) is 6.08 Å². The number of halogens is 3. The van der Waals surface area contributed by atoms with Crippen molar-refractivity contribution in [3.63, 3.8) is 0 Å². The van der Waals surface area contributed by atoms with Crippen LogP contribution in [0.1, 0.15) is 5.56 Å². The molecule has 0 bridgehead atoms. The number of aromatic hydroxyl groups is 1.